The van der Waals surface area contributed by atoms with Crippen LogP contribution in [-0.2, 0) is 10.0 Å². The molecule has 0 fully saturated rings. The largest absolute Gasteiger partial charge is 0.487 e. The summed E-state index contributed by atoms with van der Waals surface area (Å²) in [7, 11) is -3.72. The molecule has 0 unspecified atom stereocenters. The summed E-state index contributed by atoms with van der Waals surface area (Å²) in [6.45, 7) is 6.35. The summed E-state index contributed by atoms with van der Waals surface area (Å²) in [6, 6.07) is 8.61. The van der Waals surface area contributed by atoms with E-state index in [-0.39, 0.29) is 17.5 Å². The Hall–Kier alpha value is -2.28. The molecule has 3 rings (SSSR count). The van der Waals surface area contributed by atoms with Crippen molar-refractivity contribution in [1.82, 2.24) is 4.98 Å². The van der Waals surface area contributed by atoms with Crippen molar-refractivity contribution in [2.24, 2.45) is 0 Å². The van der Waals surface area contributed by atoms with Gasteiger partial charge in [0.1, 0.15) is 16.7 Å². The fourth-order valence-electron chi connectivity index (χ4n) is 2.62. The van der Waals surface area contributed by atoms with E-state index in [2.05, 4.69) is 4.98 Å². The lowest BCUT2D eigenvalue weighted by Gasteiger charge is -2.34. The predicted molar refractivity (Wildman–Crippen MR) is 91.2 cm³/mol. The van der Waals surface area contributed by atoms with Gasteiger partial charge in [0, 0.05) is 6.07 Å². The summed E-state index contributed by atoms with van der Waals surface area (Å²) in [5.41, 5.74) is 1.53. The van der Waals surface area contributed by atoms with Gasteiger partial charge in [0.2, 0.25) is 5.88 Å². The number of sulfonamides is 1. The quantitative estimate of drug-likeness (QED) is 0.850. The molecular weight excluding hydrogens is 328 g/mol. The fraction of sp³-hybridized carbons (Fsp3) is 0.353. The standard InChI is InChI=1S/C17H20N2O4S/c1-4-22-17-8-6-14(10-18-17)24(20,21)19-11-13(3)23-16-7-5-12(2)9-15(16)19/h5-10,13H,4,11H2,1-3H3/t13-/m1/s1. The first kappa shape index (κ1) is 16.6. The van der Waals surface area contributed by atoms with E-state index in [1.165, 1.54) is 16.6 Å². The van der Waals surface area contributed by atoms with Crippen molar-refractivity contribution >= 4 is 15.7 Å². The zero-order valence-electron chi connectivity index (χ0n) is 13.9. The van der Waals surface area contributed by atoms with E-state index >= 15 is 0 Å². The third-order valence-electron chi connectivity index (χ3n) is 3.72. The van der Waals surface area contributed by atoms with Gasteiger partial charge >= 0.3 is 0 Å². The highest BCUT2D eigenvalue weighted by atomic mass is 32.2. The zero-order valence-corrected chi connectivity index (χ0v) is 14.7. The number of hydrogen-bond acceptors (Lipinski definition) is 5. The molecule has 24 heavy (non-hydrogen) atoms. The molecule has 0 saturated carbocycles. The van der Waals surface area contributed by atoms with Gasteiger partial charge < -0.3 is 9.47 Å². The highest BCUT2D eigenvalue weighted by Crippen LogP contribution is 2.37. The first-order chi connectivity index (χ1) is 11.4. The number of rotatable bonds is 4. The van der Waals surface area contributed by atoms with Gasteiger partial charge in [-0.05, 0) is 44.5 Å². The average Bonchev–Trinajstić information content (AvgIpc) is 2.55. The zero-order chi connectivity index (χ0) is 17.3. The molecule has 1 atom stereocenters. The third kappa shape index (κ3) is 3.03. The topological polar surface area (TPSA) is 68.7 Å². The molecule has 1 aliphatic rings. The molecule has 1 aromatic heterocycles. The van der Waals surface area contributed by atoms with Gasteiger partial charge in [-0.2, -0.15) is 0 Å². The minimum absolute atomic E-state index is 0.132. The Balaban J connectivity index is 2.02. The predicted octanol–water partition coefficient (Wildman–Crippen LogP) is 2.76. The lowest BCUT2D eigenvalue weighted by Crippen LogP contribution is -2.42. The maximum atomic E-state index is 13.1. The van der Waals surface area contributed by atoms with Gasteiger partial charge in [0.25, 0.3) is 10.0 Å². The number of nitrogens with zero attached hydrogens (tertiary/aromatic N) is 2. The number of pyridine rings is 1. The highest BCUT2D eigenvalue weighted by molar-refractivity contribution is 7.92. The first-order valence-electron chi connectivity index (χ1n) is 7.80. The minimum atomic E-state index is -3.72. The minimum Gasteiger partial charge on any atom is -0.487 e. The number of benzene rings is 1. The van der Waals surface area contributed by atoms with E-state index in [1.54, 1.807) is 12.1 Å². The Morgan fingerprint density at radius 3 is 2.79 bits per heavy atom. The molecule has 0 saturated heterocycles. The summed E-state index contributed by atoms with van der Waals surface area (Å²) in [5, 5.41) is 0. The fourth-order valence-corrected chi connectivity index (χ4v) is 4.10. The first-order valence-corrected chi connectivity index (χ1v) is 9.24. The summed E-state index contributed by atoms with van der Waals surface area (Å²) in [6.07, 6.45) is 1.10. The van der Waals surface area contributed by atoms with Crippen LogP contribution < -0.4 is 13.8 Å². The van der Waals surface area contributed by atoms with E-state index in [0.717, 1.165) is 5.56 Å². The van der Waals surface area contributed by atoms with Gasteiger partial charge in [-0.15, -0.1) is 0 Å². The van der Waals surface area contributed by atoms with E-state index < -0.39 is 10.0 Å². The van der Waals surface area contributed by atoms with E-state index in [0.29, 0.717) is 23.9 Å². The van der Waals surface area contributed by atoms with Crippen LogP contribution in [0.4, 0.5) is 5.69 Å². The van der Waals surface area contributed by atoms with Crippen molar-refractivity contribution in [2.75, 3.05) is 17.5 Å². The maximum Gasteiger partial charge on any atom is 0.266 e. The van der Waals surface area contributed by atoms with Crippen LogP contribution in [0.5, 0.6) is 11.6 Å². The molecule has 7 heteroatoms. The van der Waals surface area contributed by atoms with Gasteiger partial charge in [-0.1, -0.05) is 6.07 Å². The second kappa shape index (κ2) is 6.32. The monoisotopic (exact) mass is 348 g/mol. The summed E-state index contributed by atoms with van der Waals surface area (Å²) in [5.74, 6) is 0.977. The summed E-state index contributed by atoms with van der Waals surface area (Å²) >= 11 is 0. The number of aromatic nitrogens is 1. The SMILES string of the molecule is CCOc1ccc(S(=O)(=O)N2C[C@@H](C)Oc3ccc(C)cc32)cn1. The molecule has 0 amide bonds. The van der Waals surface area contributed by atoms with E-state index in [9.17, 15) is 8.42 Å². The summed E-state index contributed by atoms with van der Waals surface area (Å²) < 4.78 is 38.5. The van der Waals surface area contributed by atoms with Crippen molar-refractivity contribution in [1.29, 1.82) is 0 Å². The number of fused-ring (bicyclic) bond motifs is 1. The van der Waals surface area contributed by atoms with Gasteiger partial charge in [-0.3, -0.25) is 4.31 Å². The van der Waals surface area contributed by atoms with Crippen LogP contribution in [0.1, 0.15) is 19.4 Å². The molecule has 2 heterocycles. The van der Waals surface area contributed by atoms with Crippen molar-refractivity contribution in [2.45, 2.75) is 31.8 Å². The van der Waals surface area contributed by atoms with Crippen LogP contribution in [0.25, 0.3) is 0 Å². The second-order valence-electron chi connectivity index (χ2n) is 5.70. The lowest BCUT2D eigenvalue weighted by molar-refractivity contribution is 0.219. The molecule has 0 aliphatic carbocycles. The van der Waals surface area contributed by atoms with Crippen LogP contribution in [0.2, 0.25) is 0 Å². The van der Waals surface area contributed by atoms with E-state index in [1.807, 2.05) is 32.9 Å². The van der Waals surface area contributed by atoms with Gasteiger partial charge in [0.05, 0.1) is 25.0 Å². The summed E-state index contributed by atoms with van der Waals surface area (Å²) in [4.78, 5) is 4.19. The van der Waals surface area contributed by atoms with Crippen LogP contribution >= 0.6 is 0 Å². The maximum absolute atomic E-state index is 13.1. The molecule has 0 spiro atoms. The molecule has 128 valence electrons. The molecule has 0 N–H and O–H groups in total. The smallest absolute Gasteiger partial charge is 0.266 e. The molecule has 6 nitrogen and oxygen atoms in total. The van der Waals surface area contributed by atoms with Gasteiger partial charge in [-0.25, -0.2) is 13.4 Å². The van der Waals surface area contributed by atoms with Crippen molar-refractivity contribution < 1.29 is 17.9 Å². The van der Waals surface area contributed by atoms with Gasteiger partial charge in [0.15, 0.2) is 0 Å². The van der Waals surface area contributed by atoms with Crippen molar-refractivity contribution in [3.05, 3.63) is 42.1 Å². The normalized spacial score (nSPS) is 17.1. The Morgan fingerprint density at radius 2 is 2.12 bits per heavy atom. The molecule has 1 aromatic carbocycles. The Bertz CT molecular complexity index is 834. The number of hydrogen-bond donors (Lipinski definition) is 0. The average molecular weight is 348 g/mol. The third-order valence-corrected chi connectivity index (χ3v) is 5.49. The molecule has 2 aromatic rings. The van der Waals surface area contributed by atoms with Crippen LogP contribution in [0, 0.1) is 6.92 Å². The molecule has 1 aliphatic heterocycles. The molecule has 0 radical (unpaired) electrons. The Kier molecular flexibility index (Phi) is 4.36. The molecular formula is C17H20N2O4S. The van der Waals surface area contributed by atoms with Crippen molar-refractivity contribution in [3.8, 4) is 11.6 Å². The highest BCUT2D eigenvalue weighted by Gasteiger charge is 2.33. The van der Waals surface area contributed by atoms with Crippen LogP contribution in [-0.4, -0.2) is 32.7 Å². The van der Waals surface area contributed by atoms with E-state index in [4.69, 9.17) is 9.47 Å². The molecule has 0 bridgehead atoms. The second-order valence-corrected chi connectivity index (χ2v) is 7.56. The van der Waals surface area contributed by atoms with Crippen molar-refractivity contribution in [3.63, 3.8) is 0 Å². The number of aryl methyl sites for hydroxylation is 1. The number of anilines is 1. The van der Waals surface area contributed by atoms with Crippen LogP contribution in [0.15, 0.2) is 41.4 Å². The lowest BCUT2D eigenvalue weighted by atomic mass is 10.2. The Morgan fingerprint density at radius 1 is 1.33 bits per heavy atom. The van der Waals surface area contributed by atoms with Crippen LogP contribution in [0.3, 0.4) is 0 Å². The Labute approximate surface area is 142 Å². The number of ether oxygens (including phenoxy) is 2.